The highest BCUT2D eigenvalue weighted by atomic mass is 16.3. The molecule has 0 fully saturated rings. The third-order valence-electron chi connectivity index (χ3n) is 3.70. The molecule has 1 aliphatic carbocycles. The molecule has 1 heterocycles. The maximum Gasteiger partial charge on any atom is 0.274 e. The fraction of sp³-hybridized carbons (Fsp3) is 0.375. The number of rotatable bonds is 3. The molecule has 1 atom stereocenters. The van der Waals surface area contributed by atoms with Gasteiger partial charge in [-0.1, -0.05) is 18.2 Å². The van der Waals surface area contributed by atoms with Gasteiger partial charge in [-0.2, -0.15) is 5.10 Å². The third-order valence-corrected chi connectivity index (χ3v) is 3.70. The minimum Gasteiger partial charge on any atom is -0.469 e. The summed E-state index contributed by atoms with van der Waals surface area (Å²) < 4.78 is 5.11. The van der Waals surface area contributed by atoms with Gasteiger partial charge in [0.05, 0.1) is 17.5 Å². The van der Waals surface area contributed by atoms with Crippen LogP contribution in [-0.4, -0.2) is 11.6 Å². The van der Waals surface area contributed by atoms with E-state index in [1.54, 1.807) is 13.0 Å². The largest absolute Gasteiger partial charge is 0.469 e. The lowest BCUT2D eigenvalue weighted by atomic mass is 9.85. The van der Waals surface area contributed by atoms with Crippen molar-refractivity contribution in [2.24, 2.45) is 11.0 Å². The van der Waals surface area contributed by atoms with Crippen LogP contribution < -0.4 is 5.43 Å². The van der Waals surface area contributed by atoms with Gasteiger partial charge >= 0.3 is 0 Å². The van der Waals surface area contributed by atoms with E-state index >= 15 is 0 Å². The molecule has 1 N–H and O–H groups in total. The van der Waals surface area contributed by atoms with Crippen LogP contribution in [0.1, 0.15) is 42.8 Å². The number of carbonyl (C=O) groups excluding carboxylic acids is 1. The lowest BCUT2D eigenvalue weighted by Crippen LogP contribution is -2.23. The summed E-state index contributed by atoms with van der Waals surface area (Å²) in [5.41, 5.74) is 6.31. The van der Waals surface area contributed by atoms with E-state index in [1.165, 1.54) is 6.26 Å². The molecule has 0 radical (unpaired) electrons. The van der Waals surface area contributed by atoms with Crippen LogP contribution in [-0.2, 0) is 0 Å². The summed E-state index contributed by atoms with van der Waals surface area (Å²) in [6.45, 7) is 9.81. The van der Waals surface area contributed by atoms with Crippen LogP contribution in [0.4, 0.5) is 0 Å². The van der Waals surface area contributed by atoms with E-state index in [2.05, 4.69) is 23.2 Å². The Morgan fingerprint density at radius 1 is 1.50 bits per heavy atom. The SMILES string of the molecule is C=C(C)[C@@H]1CC=C(C)/C(=N/NC(=O)c2ccoc2C)C1. The highest BCUT2D eigenvalue weighted by molar-refractivity contribution is 6.02. The fourth-order valence-electron chi connectivity index (χ4n) is 2.22. The number of nitrogens with zero attached hydrogens (tertiary/aromatic N) is 1. The zero-order valence-corrected chi connectivity index (χ0v) is 12.2. The van der Waals surface area contributed by atoms with E-state index in [4.69, 9.17) is 4.42 Å². The number of hydrazone groups is 1. The average molecular weight is 272 g/mol. The number of hydrogen-bond acceptors (Lipinski definition) is 3. The van der Waals surface area contributed by atoms with E-state index < -0.39 is 0 Å². The van der Waals surface area contributed by atoms with E-state index in [9.17, 15) is 4.79 Å². The highest BCUT2D eigenvalue weighted by Gasteiger charge is 2.19. The molecule has 0 aromatic carbocycles. The van der Waals surface area contributed by atoms with Crippen LogP contribution in [0.2, 0.25) is 0 Å². The molecule has 0 aliphatic heterocycles. The molecule has 0 bridgehead atoms. The molecule has 1 aromatic rings. The van der Waals surface area contributed by atoms with Crippen molar-refractivity contribution in [1.29, 1.82) is 0 Å². The van der Waals surface area contributed by atoms with Crippen LogP contribution in [0.25, 0.3) is 0 Å². The predicted molar refractivity (Wildman–Crippen MR) is 79.6 cm³/mol. The van der Waals surface area contributed by atoms with Gasteiger partial charge in [0.15, 0.2) is 0 Å². The minimum atomic E-state index is -0.242. The first-order valence-electron chi connectivity index (χ1n) is 6.72. The van der Waals surface area contributed by atoms with Gasteiger partial charge in [0.2, 0.25) is 0 Å². The molecule has 1 aromatic heterocycles. The van der Waals surface area contributed by atoms with E-state index in [1.807, 2.05) is 13.8 Å². The highest BCUT2D eigenvalue weighted by Crippen LogP contribution is 2.26. The van der Waals surface area contributed by atoms with Crippen molar-refractivity contribution in [3.63, 3.8) is 0 Å². The van der Waals surface area contributed by atoms with Crippen molar-refractivity contribution >= 4 is 11.6 Å². The zero-order valence-electron chi connectivity index (χ0n) is 12.2. The smallest absolute Gasteiger partial charge is 0.274 e. The Morgan fingerprint density at radius 3 is 2.85 bits per heavy atom. The van der Waals surface area contributed by atoms with Gasteiger partial charge in [-0.05, 0) is 51.2 Å². The van der Waals surface area contributed by atoms with Crippen molar-refractivity contribution in [2.75, 3.05) is 0 Å². The van der Waals surface area contributed by atoms with Crippen LogP contribution in [0.5, 0.6) is 0 Å². The Labute approximate surface area is 119 Å². The van der Waals surface area contributed by atoms with Crippen molar-refractivity contribution < 1.29 is 9.21 Å². The first kappa shape index (κ1) is 14.3. The Kier molecular flexibility index (Phi) is 4.23. The molecule has 106 valence electrons. The second-order valence-corrected chi connectivity index (χ2v) is 5.26. The summed E-state index contributed by atoms with van der Waals surface area (Å²) in [6, 6.07) is 1.64. The van der Waals surface area contributed by atoms with Crippen LogP contribution in [0, 0.1) is 12.8 Å². The number of allylic oxidation sites excluding steroid dienone is 3. The number of amides is 1. The third kappa shape index (κ3) is 3.07. The number of furan rings is 1. The summed E-state index contributed by atoms with van der Waals surface area (Å²) in [7, 11) is 0. The quantitative estimate of drug-likeness (QED) is 0.675. The first-order chi connectivity index (χ1) is 9.49. The minimum absolute atomic E-state index is 0.242. The molecule has 0 saturated heterocycles. The van der Waals surface area contributed by atoms with Crippen molar-refractivity contribution in [2.45, 2.75) is 33.6 Å². The maximum absolute atomic E-state index is 12.0. The Bertz CT molecular complexity index is 593. The topological polar surface area (TPSA) is 54.6 Å². The summed E-state index contributed by atoms with van der Waals surface area (Å²) in [6.07, 6.45) is 5.47. The van der Waals surface area contributed by atoms with Gasteiger partial charge in [-0.25, -0.2) is 5.43 Å². The molecule has 0 unspecified atom stereocenters. The fourth-order valence-corrected chi connectivity index (χ4v) is 2.22. The number of nitrogens with one attached hydrogen (secondary N) is 1. The van der Waals surface area contributed by atoms with E-state index in [0.717, 1.165) is 29.7 Å². The number of hydrogen-bond donors (Lipinski definition) is 1. The maximum atomic E-state index is 12.0. The van der Waals surface area contributed by atoms with Crippen molar-refractivity contribution in [3.8, 4) is 0 Å². The molecule has 4 nitrogen and oxygen atoms in total. The van der Waals surface area contributed by atoms with E-state index in [0.29, 0.717) is 17.2 Å². The lowest BCUT2D eigenvalue weighted by Gasteiger charge is -2.22. The molecule has 20 heavy (non-hydrogen) atoms. The van der Waals surface area contributed by atoms with Gasteiger partial charge in [-0.3, -0.25) is 4.79 Å². The molecule has 1 amide bonds. The summed E-state index contributed by atoms with van der Waals surface area (Å²) >= 11 is 0. The second-order valence-electron chi connectivity index (χ2n) is 5.26. The number of carbonyl (C=O) groups is 1. The molecular formula is C16H20N2O2. The molecule has 0 spiro atoms. The molecule has 4 heteroatoms. The lowest BCUT2D eigenvalue weighted by molar-refractivity contribution is 0.0953. The van der Waals surface area contributed by atoms with Crippen LogP contribution in [0.15, 0.2) is 45.6 Å². The Morgan fingerprint density at radius 2 is 2.25 bits per heavy atom. The summed E-state index contributed by atoms with van der Waals surface area (Å²) in [4.78, 5) is 12.0. The van der Waals surface area contributed by atoms with Crippen LogP contribution >= 0.6 is 0 Å². The standard InChI is InChI=1S/C16H20N2O2/c1-10(2)13-6-5-11(3)15(9-13)17-18-16(19)14-7-8-20-12(14)4/h5,7-8,13H,1,6,9H2,2-4H3,(H,18,19)/b17-15+/t13-/m1/s1. The predicted octanol–water partition coefficient (Wildman–Crippen LogP) is 3.61. The molecule has 2 rings (SSSR count). The van der Waals surface area contributed by atoms with Gasteiger partial charge in [0.25, 0.3) is 5.91 Å². The average Bonchev–Trinajstić information content (AvgIpc) is 2.83. The normalized spacial score (nSPS) is 20.6. The first-order valence-corrected chi connectivity index (χ1v) is 6.72. The van der Waals surface area contributed by atoms with E-state index in [-0.39, 0.29) is 5.91 Å². The summed E-state index contributed by atoms with van der Waals surface area (Å²) in [5.74, 6) is 0.762. The monoisotopic (exact) mass is 272 g/mol. The molecule has 0 saturated carbocycles. The summed E-state index contributed by atoms with van der Waals surface area (Å²) in [5, 5.41) is 4.26. The zero-order chi connectivity index (χ0) is 14.7. The van der Waals surface area contributed by atoms with Crippen molar-refractivity contribution in [3.05, 3.63) is 47.5 Å². The van der Waals surface area contributed by atoms with Gasteiger partial charge < -0.3 is 4.42 Å². The van der Waals surface area contributed by atoms with Crippen LogP contribution in [0.3, 0.4) is 0 Å². The molecular weight excluding hydrogens is 252 g/mol. The Balaban J connectivity index is 2.09. The van der Waals surface area contributed by atoms with Gasteiger partial charge in [0, 0.05) is 0 Å². The van der Waals surface area contributed by atoms with Gasteiger partial charge in [0.1, 0.15) is 5.76 Å². The number of aryl methyl sites for hydroxylation is 1. The van der Waals surface area contributed by atoms with Crippen molar-refractivity contribution in [1.82, 2.24) is 5.43 Å². The second kappa shape index (κ2) is 5.90. The van der Waals surface area contributed by atoms with Gasteiger partial charge in [-0.15, -0.1) is 0 Å². The molecule has 1 aliphatic rings. The Hall–Kier alpha value is -2.10.